The Hall–Kier alpha value is -2.01. The first-order valence-corrected chi connectivity index (χ1v) is 7.79. The molecule has 0 atom stereocenters. The van der Waals surface area contributed by atoms with Gasteiger partial charge in [0.25, 0.3) is 0 Å². The molecule has 1 aromatic carbocycles. The Morgan fingerprint density at radius 3 is 2.77 bits per heavy atom. The number of aromatic nitrogens is 2. The van der Waals surface area contributed by atoms with E-state index in [1.807, 2.05) is 48.1 Å². The summed E-state index contributed by atoms with van der Waals surface area (Å²) in [6.45, 7) is 4.22. The molecule has 0 unspecified atom stereocenters. The minimum Gasteiger partial charge on any atom is -0.492 e. The SMILES string of the molecule is CCn1cc(CN(CCOc2ccccc2)C(=O)CCl)cn1. The lowest BCUT2D eigenvalue weighted by Crippen LogP contribution is -2.34. The summed E-state index contributed by atoms with van der Waals surface area (Å²) in [5.74, 6) is 0.648. The summed E-state index contributed by atoms with van der Waals surface area (Å²) < 4.78 is 7.47. The standard InChI is InChI=1S/C16H20ClN3O2/c1-2-20-13-14(11-18-20)12-19(16(21)10-17)8-9-22-15-6-4-3-5-7-15/h3-7,11,13H,2,8-10,12H2,1H3. The maximum Gasteiger partial charge on any atom is 0.237 e. The first-order chi connectivity index (χ1) is 10.7. The third-order valence-corrected chi connectivity index (χ3v) is 3.45. The van der Waals surface area contributed by atoms with Gasteiger partial charge in [-0.3, -0.25) is 9.48 Å². The number of ether oxygens (including phenoxy) is 1. The molecule has 0 bridgehead atoms. The molecule has 0 saturated heterocycles. The van der Waals surface area contributed by atoms with Crippen molar-refractivity contribution in [3.8, 4) is 5.75 Å². The van der Waals surface area contributed by atoms with E-state index in [0.717, 1.165) is 17.9 Å². The highest BCUT2D eigenvalue weighted by atomic mass is 35.5. The van der Waals surface area contributed by atoms with E-state index in [9.17, 15) is 4.79 Å². The monoisotopic (exact) mass is 321 g/mol. The fourth-order valence-corrected chi connectivity index (χ4v) is 2.22. The predicted octanol–water partition coefficient (Wildman–Crippen LogP) is 2.55. The summed E-state index contributed by atoms with van der Waals surface area (Å²) in [7, 11) is 0. The van der Waals surface area contributed by atoms with E-state index in [-0.39, 0.29) is 11.8 Å². The Kier molecular flexibility index (Phi) is 6.27. The number of benzene rings is 1. The van der Waals surface area contributed by atoms with Crippen molar-refractivity contribution in [2.75, 3.05) is 19.0 Å². The predicted molar refractivity (Wildman–Crippen MR) is 86.0 cm³/mol. The van der Waals surface area contributed by atoms with Gasteiger partial charge in [0.15, 0.2) is 0 Å². The number of carbonyl (C=O) groups is 1. The van der Waals surface area contributed by atoms with Crippen LogP contribution in [0.25, 0.3) is 0 Å². The number of carbonyl (C=O) groups excluding carboxylic acids is 1. The van der Waals surface area contributed by atoms with Gasteiger partial charge in [0.1, 0.15) is 18.2 Å². The van der Waals surface area contributed by atoms with Crippen molar-refractivity contribution >= 4 is 17.5 Å². The molecule has 0 spiro atoms. The van der Waals surface area contributed by atoms with Crippen molar-refractivity contribution < 1.29 is 9.53 Å². The van der Waals surface area contributed by atoms with Gasteiger partial charge in [-0.05, 0) is 19.1 Å². The Morgan fingerprint density at radius 2 is 2.14 bits per heavy atom. The lowest BCUT2D eigenvalue weighted by Gasteiger charge is -2.21. The molecular weight excluding hydrogens is 302 g/mol. The molecule has 1 amide bonds. The number of hydrogen-bond donors (Lipinski definition) is 0. The number of halogens is 1. The fourth-order valence-electron chi connectivity index (χ4n) is 2.05. The summed E-state index contributed by atoms with van der Waals surface area (Å²) in [6, 6.07) is 9.53. The average molecular weight is 322 g/mol. The Bertz CT molecular complexity index is 586. The van der Waals surface area contributed by atoms with Crippen molar-refractivity contribution in [1.29, 1.82) is 0 Å². The zero-order valence-corrected chi connectivity index (χ0v) is 13.4. The smallest absolute Gasteiger partial charge is 0.237 e. The summed E-state index contributed by atoms with van der Waals surface area (Å²) in [5, 5.41) is 4.22. The quantitative estimate of drug-likeness (QED) is 0.702. The third-order valence-electron chi connectivity index (χ3n) is 3.22. The maximum absolute atomic E-state index is 11.9. The van der Waals surface area contributed by atoms with Crippen molar-refractivity contribution in [3.05, 3.63) is 48.3 Å². The number of nitrogens with zero attached hydrogens (tertiary/aromatic N) is 3. The second kappa shape index (κ2) is 8.44. The molecule has 0 aliphatic carbocycles. The van der Waals surface area contributed by atoms with Crippen LogP contribution in [0.3, 0.4) is 0 Å². The number of aryl methyl sites for hydroxylation is 1. The highest BCUT2D eigenvalue weighted by Crippen LogP contribution is 2.09. The molecule has 0 N–H and O–H groups in total. The van der Waals surface area contributed by atoms with Gasteiger partial charge in [-0.15, -0.1) is 11.6 Å². The summed E-state index contributed by atoms with van der Waals surface area (Å²) in [6.07, 6.45) is 3.71. The van der Waals surface area contributed by atoms with Crippen LogP contribution in [0.1, 0.15) is 12.5 Å². The molecule has 2 aromatic rings. The van der Waals surface area contributed by atoms with Gasteiger partial charge in [-0.2, -0.15) is 5.10 Å². The largest absolute Gasteiger partial charge is 0.492 e. The van der Waals surface area contributed by atoms with Crippen LogP contribution in [0.4, 0.5) is 0 Å². The van der Waals surface area contributed by atoms with E-state index in [1.54, 1.807) is 11.1 Å². The second-order valence-corrected chi connectivity index (χ2v) is 5.08. The molecule has 0 saturated carbocycles. The van der Waals surface area contributed by atoms with Gasteiger partial charge in [0.05, 0.1) is 12.7 Å². The van der Waals surface area contributed by atoms with Crippen molar-refractivity contribution in [3.63, 3.8) is 0 Å². The molecule has 0 radical (unpaired) electrons. The highest BCUT2D eigenvalue weighted by Gasteiger charge is 2.14. The number of amides is 1. The third kappa shape index (κ3) is 4.77. The first kappa shape index (κ1) is 16.4. The number of alkyl halides is 1. The van der Waals surface area contributed by atoms with E-state index in [2.05, 4.69) is 5.10 Å². The minimum atomic E-state index is -0.109. The van der Waals surface area contributed by atoms with Crippen LogP contribution in [0.2, 0.25) is 0 Å². The van der Waals surface area contributed by atoms with E-state index < -0.39 is 0 Å². The average Bonchev–Trinajstić information content (AvgIpc) is 3.02. The fraction of sp³-hybridized carbons (Fsp3) is 0.375. The molecule has 5 nitrogen and oxygen atoms in total. The zero-order valence-electron chi connectivity index (χ0n) is 12.6. The highest BCUT2D eigenvalue weighted by molar-refractivity contribution is 6.27. The molecule has 1 aromatic heterocycles. The van der Waals surface area contributed by atoms with E-state index in [1.165, 1.54) is 0 Å². The zero-order chi connectivity index (χ0) is 15.8. The van der Waals surface area contributed by atoms with Gasteiger partial charge in [0.2, 0.25) is 5.91 Å². The number of hydrogen-bond acceptors (Lipinski definition) is 3. The Labute approximate surface area is 135 Å². The molecule has 22 heavy (non-hydrogen) atoms. The van der Waals surface area contributed by atoms with Gasteiger partial charge >= 0.3 is 0 Å². The van der Waals surface area contributed by atoms with E-state index in [4.69, 9.17) is 16.3 Å². The second-order valence-electron chi connectivity index (χ2n) is 4.81. The van der Waals surface area contributed by atoms with Crippen LogP contribution in [0.15, 0.2) is 42.7 Å². The molecule has 6 heteroatoms. The van der Waals surface area contributed by atoms with Crippen LogP contribution >= 0.6 is 11.6 Å². The van der Waals surface area contributed by atoms with Crippen LogP contribution in [0, 0.1) is 0 Å². The summed E-state index contributed by atoms with van der Waals surface area (Å²) in [4.78, 5) is 13.6. The van der Waals surface area contributed by atoms with Gasteiger partial charge in [-0.1, -0.05) is 18.2 Å². The molecule has 1 heterocycles. The van der Waals surface area contributed by atoms with Gasteiger partial charge in [0, 0.05) is 24.8 Å². The molecular formula is C16H20ClN3O2. The van der Waals surface area contributed by atoms with Crippen LogP contribution in [-0.4, -0.2) is 39.6 Å². The molecule has 0 aliphatic heterocycles. The van der Waals surface area contributed by atoms with Crippen molar-refractivity contribution in [2.24, 2.45) is 0 Å². The molecule has 118 valence electrons. The van der Waals surface area contributed by atoms with Crippen molar-refractivity contribution in [2.45, 2.75) is 20.0 Å². The lowest BCUT2D eigenvalue weighted by molar-refractivity contribution is -0.129. The minimum absolute atomic E-state index is 0.0345. The van der Waals surface area contributed by atoms with E-state index in [0.29, 0.717) is 19.7 Å². The van der Waals surface area contributed by atoms with Crippen LogP contribution in [-0.2, 0) is 17.9 Å². The lowest BCUT2D eigenvalue weighted by atomic mass is 10.3. The van der Waals surface area contributed by atoms with Crippen LogP contribution < -0.4 is 4.74 Å². The van der Waals surface area contributed by atoms with Gasteiger partial charge < -0.3 is 9.64 Å². The van der Waals surface area contributed by atoms with E-state index >= 15 is 0 Å². The van der Waals surface area contributed by atoms with Crippen LogP contribution in [0.5, 0.6) is 5.75 Å². The normalized spacial score (nSPS) is 10.5. The summed E-state index contributed by atoms with van der Waals surface area (Å²) in [5.41, 5.74) is 0.986. The Morgan fingerprint density at radius 1 is 1.36 bits per heavy atom. The number of para-hydroxylation sites is 1. The molecule has 0 aliphatic rings. The number of rotatable bonds is 8. The maximum atomic E-state index is 11.9. The summed E-state index contributed by atoms with van der Waals surface area (Å²) >= 11 is 5.69. The first-order valence-electron chi connectivity index (χ1n) is 7.26. The Balaban J connectivity index is 1.90. The molecule has 0 fully saturated rings. The molecule has 2 rings (SSSR count). The topological polar surface area (TPSA) is 47.4 Å². The van der Waals surface area contributed by atoms with Crippen molar-refractivity contribution in [1.82, 2.24) is 14.7 Å². The van der Waals surface area contributed by atoms with Gasteiger partial charge in [-0.25, -0.2) is 0 Å².